The van der Waals surface area contributed by atoms with Crippen LogP contribution in [0.4, 0.5) is 0 Å². The van der Waals surface area contributed by atoms with Crippen LogP contribution < -0.4 is 5.32 Å². The second-order valence-electron chi connectivity index (χ2n) is 3.79. The maximum Gasteiger partial charge on any atom is 0.147 e. The Morgan fingerprint density at radius 2 is 1.69 bits per heavy atom. The average molecular weight is 191 g/mol. The molecule has 0 amide bonds. The first-order valence-corrected chi connectivity index (χ1v) is 4.18. The molecule has 0 radical (unpaired) electrons. The topological polar surface area (TPSA) is 113 Å². The van der Waals surface area contributed by atoms with E-state index < -0.39 is 36.2 Å². The minimum atomic E-state index is -1.68. The van der Waals surface area contributed by atoms with Crippen LogP contribution in [0.15, 0.2) is 0 Å². The second-order valence-corrected chi connectivity index (χ2v) is 3.79. The molecule has 13 heavy (non-hydrogen) atoms. The quantitative estimate of drug-likeness (QED) is 0.237. The Labute approximate surface area is 74.4 Å². The Hall–Kier alpha value is -0.240. The molecule has 2 fully saturated rings. The lowest BCUT2D eigenvalue weighted by Crippen LogP contribution is -2.67. The van der Waals surface area contributed by atoms with Gasteiger partial charge in [0.15, 0.2) is 0 Å². The molecular weight excluding hydrogens is 178 g/mol. The Kier molecular flexibility index (Phi) is 1.88. The second kappa shape index (κ2) is 2.63. The molecule has 6 atom stereocenters. The SMILES string of the molecule is O[C@@H]1[C@@H](O)[C@H](O)[C@@]2(O)C[C@H](O)[C@H]1N2. The number of nitrogens with one attached hydrogen (secondary N) is 1. The summed E-state index contributed by atoms with van der Waals surface area (Å²) in [7, 11) is 0. The van der Waals surface area contributed by atoms with Gasteiger partial charge in [0.05, 0.1) is 12.1 Å². The zero-order valence-corrected chi connectivity index (χ0v) is 6.83. The molecule has 2 bridgehead atoms. The Balaban J connectivity index is 2.30. The fraction of sp³-hybridized carbons (Fsp3) is 1.00. The molecule has 6 heteroatoms. The van der Waals surface area contributed by atoms with Gasteiger partial charge in [-0.2, -0.15) is 0 Å². The molecule has 2 aliphatic heterocycles. The van der Waals surface area contributed by atoms with Gasteiger partial charge in [0.25, 0.3) is 0 Å². The van der Waals surface area contributed by atoms with Crippen LogP contribution in [0.3, 0.4) is 0 Å². The minimum absolute atomic E-state index is 0.0903. The van der Waals surface area contributed by atoms with E-state index in [4.69, 9.17) is 0 Å². The van der Waals surface area contributed by atoms with Gasteiger partial charge in [0.1, 0.15) is 24.0 Å². The molecule has 0 saturated carbocycles. The lowest BCUT2D eigenvalue weighted by Gasteiger charge is -2.40. The number of aliphatic hydroxyl groups excluding tert-OH is 4. The third-order valence-corrected chi connectivity index (χ3v) is 2.88. The summed E-state index contributed by atoms with van der Waals surface area (Å²) < 4.78 is 0. The molecular formula is C7H13NO5. The normalized spacial score (nSPS) is 61.2. The highest BCUT2D eigenvalue weighted by Gasteiger charge is 2.58. The van der Waals surface area contributed by atoms with Crippen LogP contribution in [-0.4, -0.2) is 61.7 Å². The highest BCUT2D eigenvalue weighted by Crippen LogP contribution is 2.34. The van der Waals surface area contributed by atoms with E-state index in [0.717, 1.165) is 0 Å². The van der Waals surface area contributed by atoms with E-state index in [1.165, 1.54) is 0 Å². The van der Waals surface area contributed by atoms with Gasteiger partial charge in [0.2, 0.25) is 0 Å². The maximum absolute atomic E-state index is 9.66. The fourth-order valence-electron chi connectivity index (χ4n) is 2.09. The molecule has 6 N–H and O–H groups in total. The molecule has 0 spiro atoms. The maximum atomic E-state index is 9.66. The summed E-state index contributed by atoms with van der Waals surface area (Å²) in [6.45, 7) is 0. The number of fused-ring (bicyclic) bond motifs is 2. The molecule has 0 aromatic heterocycles. The van der Waals surface area contributed by atoms with E-state index in [-0.39, 0.29) is 6.42 Å². The van der Waals surface area contributed by atoms with Gasteiger partial charge in [-0.1, -0.05) is 0 Å². The Bertz CT molecular complexity index is 219. The minimum Gasteiger partial charge on any atom is -0.391 e. The lowest BCUT2D eigenvalue weighted by atomic mass is 9.94. The predicted molar refractivity (Wildman–Crippen MR) is 40.5 cm³/mol. The van der Waals surface area contributed by atoms with Crippen LogP contribution in [0.2, 0.25) is 0 Å². The third kappa shape index (κ3) is 1.11. The lowest BCUT2D eigenvalue weighted by molar-refractivity contribution is -0.187. The molecule has 2 saturated heterocycles. The highest BCUT2D eigenvalue weighted by molar-refractivity contribution is 5.11. The number of hydrogen-bond acceptors (Lipinski definition) is 6. The van der Waals surface area contributed by atoms with E-state index in [2.05, 4.69) is 5.32 Å². The standard InChI is InChI=1S/C7H13NO5/c9-2-1-7(13)6(12)5(11)4(10)3(2)8-7/h2-6,8-13H,1H2/t2-,3+,4-,5+,6-,7-/m0/s1. The average Bonchev–Trinajstić information content (AvgIpc) is 2.35. The van der Waals surface area contributed by atoms with E-state index in [1.54, 1.807) is 0 Å². The van der Waals surface area contributed by atoms with Crippen LogP contribution in [0.1, 0.15) is 6.42 Å². The summed E-state index contributed by atoms with van der Waals surface area (Å²) in [6.07, 6.45) is -5.20. The van der Waals surface area contributed by atoms with Crippen molar-refractivity contribution in [2.75, 3.05) is 0 Å². The van der Waals surface area contributed by atoms with E-state index in [1.807, 2.05) is 0 Å². The zero-order chi connectivity index (χ0) is 9.80. The van der Waals surface area contributed by atoms with Crippen molar-refractivity contribution in [3.05, 3.63) is 0 Å². The van der Waals surface area contributed by atoms with Gasteiger partial charge in [-0.15, -0.1) is 0 Å². The molecule has 6 nitrogen and oxygen atoms in total. The van der Waals surface area contributed by atoms with Crippen molar-refractivity contribution >= 4 is 0 Å². The summed E-state index contributed by atoms with van der Waals surface area (Å²) in [5.41, 5.74) is -1.68. The first-order chi connectivity index (χ1) is 5.96. The van der Waals surface area contributed by atoms with Crippen LogP contribution >= 0.6 is 0 Å². The molecule has 76 valence electrons. The van der Waals surface area contributed by atoms with Gasteiger partial charge < -0.3 is 25.5 Å². The van der Waals surface area contributed by atoms with Gasteiger partial charge in [-0.05, 0) is 0 Å². The highest BCUT2D eigenvalue weighted by atomic mass is 16.4. The van der Waals surface area contributed by atoms with Gasteiger partial charge in [0, 0.05) is 6.42 Å². The van der Waals surface area contributed by atoms with E-state index >= 15 is 0 Å². The molecule has 2 rings (SSSR count). The third-order valence-electron chi connectivity index (χ3n) is 2.88. The Morgan fingerprint density at radius 1 is 1.08 bits per heavy atom. The molecule has 0 unspecified atom stereocenters. The van der Waals surface area contributed by atoms with Crippen molar-refractivity contribution in [3.63, 3.8) is 0 Å². The monoisotopic (exact) mass is 191 g/mol. The summed E-state index contributed by atoms with van der Waals surface area (Å²) in [5.74, 6) is 0. The van der Waals surface area contributed by atoms with Crippen LogP contribution in [0.25, 0.3) is 0 Å². The summed E-state index contributed by atoms with van der Waals surface area (Å²) in [4.78, 5) is 0. The van der Waals surface area contributed by atoms with Crippen molar-refractivity contribution in [3.8, 4) is 0 Å². The predicted octanol–water partition coefficient (Wildman–Crippen LogP) is -3.51. The molecule has 0 aromatic rings. The number of rotatable bonds is 0. The largest absolute Gasteiger partial charge is 0.391 e. The number of piperidine rings is 1. The van der Waals surface area contributed by atoms with E-state index in [0.29, 0.717) is 0 Å². The van der Waals surface area contributed by atoms with Crippen LogP contribution in [-0.2, 0) is 0 Å². The molecule has 2 aliphatic rings. The Morgan fingerprint density at radius 3 is 2.31 bits per heavy atom. The van der Waals surface area contributed by atoms with Gasteiger partial charge in [-0.3, -0.25) is 5.32 Å². The number of hydrogen-bond donors (Lipinski definition) is 6. The fourth-order valence-corrected chi connectivity index (χ4v) is 2.09. The van der Waals surface area contributed by atoms with Crippen molar-refractivity contribution in [1.82, 2.24) is 5.32 Å². The van der Waals surface area contributed by atoms with Crippen LogP contribution in [0.5, 0.6) is 0 Å². The molecule has 0 aromatic carbocycles. The molecule has 0 aliphatic carbocycles. The van der Waals surface area contributed by atoms with Crippen molar-refractivity contribution in [2.45, 2.75) is 42.6 Å². The van der Waals surface area contributed by atoms with Crippen molar-refractivity contribution in [1.29, 1.82) is 0 Å². The number of aliphatic hydroxyl groups is 5. The summed E-state index contributed by atoms with van der Waals surface area (Å²) >= 11 is 0. The smallest absolute Gasteiger partial charge is 0.147 e. The van der Waals surface area contributed by atoms with Gasteiger partial charge in [-0.25, -0.2) is 0 Å². The summed E-state index contributed by atoms with van der Waals surface area (Å²) in [6, 6.07) is -0.775. The first-order valence-electron chi connectivity index (χ1n) is 4.18. The van der Waals surface area contributed by atoms with Gasteiger partial charge >= 0.3 is 0 Å². The molecule has 2 heterocycles. The van der Waals surface area contributed by atoms with Crippen molar-refractivity contribution < 1.29 is 25.5 Å². The summed E-state index contributed by atoms with van der Waals surface area (Å²) in [5, 5.41) is 49.6. The van der Waals surface area contributed by atoms with Crippen LogP contribution in [0, 0.1) is 0 Å². The first kappa shape index (κ1) is 9.32. The van der Waals surface area contributed by atoms with Crippen molar-refractivity contribution in [2.24, 2.45) is 0 Å². The zero-order valence-electron chi connectivity index (χ0n) is 6.83. The van der Waals surface area contributed by atoms with E-state index in [9.17, 15) is 25.5 Å².